The van der Waals surface area contributed by atoms with Crippen LogP contribution in [0.4, 0.5) is 0 Å². The molecule has 0 aliphatic heterocycles. The number of hydrogen-bond donors (Lipinski definition) is 2. The van der Waals surface area contributed by atoms with E-state index in [0.717, 1.165) is 122 Å². The number of carbonyl (C=O) groups excluding carboxylic acids is 2. The Morgan fingerprint density at radius 2 is 0.663 bits per heavy atom. The molecular weight excluding hydrogens is 1050 g/mol. The minimum Gasteiger partial charge on any atom is -0.462 e. The molecule has 474 valence electrons. The van der Waals surface area contributed by atoms with Crippen LogP contribution >= 0.6 is 7.82 Å². The molecule has 0 aromatic heterocycles. The Morgan fingerprint density at radius 3 is 0.988 bits per heavy atom. The van der Waals surface area contributed by atoms with Gasteiger partial charge < -0.3 is 20.1 Å². The first-order chi connectivity index (χ1) is 40.8. The SMILES string of the molecule is CC/C=C\C/C=C\C/C=C\C/C=C\C/C=C\C/C=C\C/C=C\C/C=C\C/C=C\C/C=C\C/C=C\CCCCCCCC(=O)OC(COC(=O)CCCCCCCCCCCCCCCCCCCCCCCCC)COP(=O)(O)OCCN. The average molecular weight is 1170 g/mol. The van der Waals surface area contributed by atoms with Gasteiger partial charge in [-0.1, -0.05) is 308 Å². The van der Waals surface area contributed by atoms with Crippen LogP contribution in [-0.4, -0.2) is 49.3 Å². The molecule has 3 N–H and O–H groups in total. The fraction of sp³-hybridized carbons (Fsp3) is 0.671. The molecule has 0 saturated carbocycles. The third kappa shape index (κ3) is 67.2. The largest absolute Gasteiger partial charge is 0.472 e. The highest BCUT2D eigenvalue weighted by Crippen LogP contribution is 2.43. The first-order valence-corrected chi connectivity index (χ1v) is 35.2. The molecule has 0 radical (unpaired) electrons. The summed E-state index contributed by atoms with van der Waals surface area (Å²) in [5.74, 6) is -0.848. The van der Waals surface area contributed by atoms with E-state index in [4.69, 9.17) is 24.3 Å². The maximum Gasteiger partial charge on any atom is 0.472 e. The topological polar surface area (TPSA) is 134 Å². The molecule has 2 atom stereocenters. The molecule has 0 fully saturated rings. The van der Waals surface area contributed by atoms with E-state index in [9.17, 15) is 19.0 Å². The van der Waals surface area contributed by atoms with Crippen LogP contribution in [0.3, 0.4) is 0 Å². The molecular formula is C73H124NO8P. The lowest BCUT2D eigenvalue weighted by atomic mass is 10.0. The summed E-state index contributed by atoms with van der Waals surface area (Å²) in [5, 5.41) is 0. The zero-order valence-electron chi connectivity index (χ0n) is 53.1. The van der Waals surface area contributed by atoms with Crippen LogP contribution in [0.15, 0.2) is 134 Å². The number of phosphoric acid groups is 1. The molecule has 0 spiro atoms. The standard InChI is InChI=1S/C73H124NO8P/c1-3-5-7-9-11-13-15-17-19-21-23-25-27-28-29-30-31-32-33-34-35-36-37-38-39-40-41-42-44-46-48-50-52-54-56-58-60-62-64-66-73(76)82-71(70-81-83(77,78)80-68-67-74)69-79-72(75)65-63-61-59-57-55-53-51-49-47-45-43-26-24-22-20-18-16-14-12-10-8-6-4-2/h5,7,11,13,17,19,23,25,28-29,31-32,34-35,37-38,40-41,44,46,50,52,71H,3-4,6,8-10,12,14-16,18,20-22,24,26-27,30,33,36,39,42-43,45,47-49,51,53-70,74H2,1-2H3,(H,77,78)/b7-5-,13-11-,19-17-,25-23-,29-28-,32-31-,35-34-,38-37-,41-40-,46-44-,52-50-. The van der Waals surface area contributed by atoms with Crippen molar-refractivity contribution in [2.45, 2.75) is 290 Å². The Bertz CT molecular complexity index is 1820. The number of phosphoric ester groups is 1. The van der Waals surface area contributed by atoms with E-state index >= 15 is 0 Å². The van der Waals surface area contributed by atoms with Gasteiger partial charge >= 0.3 is 19.8 Å². The van der Waals surface area contributed by atoms with E-state index in [2.05, 4.69) is 148 Å². The normalized spacial score (nSPS) is 13.8. The molecule has 0 aromatic carbocycles. The monoisotopic (exact) mass is 1170 g/mol. The van der Waals surface area contributed by atoms with Crippen molar-refractivity contribution < 1.29 is 37.6 Å². The van der Waals surface area contributed by atoms with Gasteiger partial charge in [-0.3, -0.25) is 18.6 Å². The van der Waals surface area contributed by atoms with Gasteiger partial charge in [0.05, 0.1) is 13.2 Å². The molecule has 9 nitrogen and oxygen atoms in total. The van der Waals surface area contributed by atoms with Gasteiger partial charge in [0.15, 0.2) is 6.10 Å². The lowest BCUT2D eigenvalue weighted by Gasteiger charge is -2.19. The minimum atomic E-state index is -4.40. The average Bonchev–Trinajstić information content (AvgIpc) is 3.48. The van der Waals surface area contributed by atoms with Gasteiger partial charge in [0.1, 0.15) is 6.61 Å². The van der Waals surface area contributed by atoms with Gasteiger partial charge in [0.2, 0.25) is 0 Å². The highest BCUT2D eigenvalue weighted by atomic mass is 31.2. The summed E-state index contributed by atoms with van der Waals surface area (Å²) in [6.07, 6.45) is 95.3. The second kappa shape index (κ2) is 67.3. The van der Waals surface area contributed by atoms with Crippen molar-refractivity contribution >= 4 is 19.8 Å². The molecule has 83 heavy (non-hydrogen) atoms. The third-order valence-electron chi connectivity index (χ3n) is 14.1. The van der Waals surface area contributed by atoms with Crippen molar-refractivity contribution in [3.05, 3.63) is 134 Å². The molecule has 0 amide bonds. The van der Waals surface area contributed by atoms with E-state index in [1.165, 1.54) is 128 Å². The predicted octanol–water partition coefficient (Wildman–Crippen LogP) is 22.1. The summed E-state index contributed by atoms with van der Waals surface area (Å²) in [5.41, 5.74) is 5.39. The number of rotatable bonds is 62. The van der Waals surface area contributed by atoms with Gasteiger partial charge in [-0.15, -0.1) is 0 Å². The zero-order chi connectivity index (χ0) is 60.1. The highest BCUT2D eigenvalue weighted by molar-refractivity contribution is 7.47. The first-order valence-electron chi connectivity index (χ1n) is 33.7. The van der Waals surface area contributed by atoms with E-state index in [-0.39, 0.29) is 38.6 Å². The summed E-state index contributed by atoms with van der Waals surface area (Å²) in [7, 11) is -4.40. The molecule has 0 heterocycles. The van der Waals surface area contributed by atoms with E-state index < -0.39 is 26.5 Å². The Hall–Kier alpha value is -3.85. The number of esters is 2. The number of carbonyl (C=O) groups is 2. The van der Waals surface area contributed by atoms with Gasteiger partial charge in [0, 0.05) is 19.4 Å². The van der Waals surface area contributed by atoms with E-state index in [1.54, 1.807) is 0 Å². The number of nitrogens with two attached hydrogens (primary N) is 1. The van der Waals surface area contributed by atoms with Crippen LogP contribution in [0, 0.1) is 0 Å². The quantitative estimate of drug-likeness (QED) is 0.0264. The van der Waals surface area contributed by atoms with Crippen LogP contribution in [0.2, 0.25) is 0 Å². The smallest absolute Gasteiger partial charge is 0.462 e. The van der Waals surface area contributed by atoms with Gasteiger partial charge in [-0.05, 0) is 96.3 Å². The van der Waals surface area contributed by atoms with Crippen molar-refractivity contribution in [1.29, 1.82) is 0 Å². The molecule has 0 rings (SSSR count). The fourth-order valence-corrected chi connectivity index (χ4v) is 9.88. The Labute approximate surface area is 510 Å². The predicted molar refractivity (Wildman–Crippen MR) is 357 cm³/mol. The molecule has 10 heteroatoms. The second-order valence-electron chi connectivity index (χ2n) is 22.0. The van der Waals surface area contributed by atoms with Crippen LogP contribution in [0.25, 0.3) is 0 Å². The summed E-state index contributed by atoms with van der Waals surface area (Å²) in [6.45, 7) is 3.63. The van der Waals surface area contributed by atoms with Crippen molar-refractivity contribution in [1.82, 2.24) is 0 Å². The number of allylic oxidation sites excluding steroid dienone is 22. The fourth-order valence-electron chi connectivity index (χ4n) is 9.11. The van der Waals surface area contributed by atoms with Gasteiger partial charge in [-0.2, -0.15) is 0 Å². The number of ether oxygens (including phenoxy) is 2. The van der Waals surface area contributed by atoms with Crippen LogP contribution in [0.5, 0.6) is 0 Å². The molecule has 0 aromatic rings. The molecule has 2 unspecified atom stereocenters. The molecule has 0 aliphatic rings. The van der Waals surface area contributed by atoms with Gasteiger partial charge in [0.25, 0.3) is 0 Å². The number of hydrogen-bond acceptors (Lipinski definition) is 8. The van der Waals surface area contributed by atoms with Gasteiger partial charge in [-0.25, -0.2) is 4.57 Å². The van der Waals surface area contributed by atoms with Crippen LogP contribution in [-0.2, 0) is 32.7 Å². The maximum atomic E-state index is 12.7. The maximum absolute atomic E-state index is 12.7. The molecule has 0 saturated heterocycles. The second-order valence-corrected chi connectivity index (χ2v) is 23.4. The molecule has 0 aliphatic carbocycles. The Morgan fingerprint density at radius 1 is 0.373 bits per heavy atom. The van der Waals surface area contributed by atoms with Crippen LogP contribution < -0.4 is 5.73 Å². The van der Waals surface area contributed by atoms with Crippen molar-refractivity contribution in [3.8, 4) is 0 Å². The summed E-state index contributed by atoms with van der Waals surface area (Å²) in [4.78, 5) is 35.3. The highest BCUT2D eigenvalue weighted by Gasteiger charge is 2.26. The lowest BCUT2D eigenvalue weighted by Crippen LogP contribution is -2.29. The Kier molecular flexibility index (Phi) is 64.2. The summed E-state index contributed by atoms with van der Waals surface area (Å²) < 4.78 is 33.1. The zero-order valence-corrected chi connectivity index (χ0v) is 54.0. The molecule has 0 bridgehead atoms. The summed E-state index contributed by atoms with van der Waals surface area (Å²) in [6, 6.07) is 0. The lowest BCUT2D eigenvalue weighted by molar-refractivity contribution is -0.161. The van der Waals surface area contributed by atoms with E-state index in [0.29, 0.717) is 6.42 Å². The van der Waals surface area contributed by atoms with Crippen molar-refractivity contribution in [2.24, 2.45) is 5.73 Å². The number of unbranched alkanes of at least 4 members (excludes halogenated alkanes) is 27. The Balaban J connectivity index is 4.01. The van der Waals surface area contributed by atoms with Crippen LogP contribution in [0.1, 0.15) is 284 Å². The van der Waals surface area contributed by atoms with E-state index in [1.807, 2.05) is 0 Å². The third-order valence-corrected chi connectivity index (χ3v) is 15.0. The minimum absolute atomic E-state index is 0.0449. The van der Waals surface area contributed by atoms with Crippen molar-refractivity contribution in [2.75, 3.05) is 26.4 Å². The van der Waals surface area contributed by atoms with Crippen molar-refractivity contribution in [3.63, 3.8) is 0 Å². The first kappa shape index (κ1) is 79.2. The summed E-state index contributed by atoms with van der Waals surface area (Å²) >= 11 is 0.